The molecule has 0 aromatic carbocycles. The van der Waals surface area contributed by atoms with Gasteiger partial charge in [0.25, 0.3) is 0 Å². The lowest BCUT2D eigenvalue weighted by molar-refractivity contribution is -0.188. The minimum atomic E-state index is -0.624. The summed E-state index contributed by atoms with van der Waals surface area (Å²) in [5, 5.41) is 13.3. The van der Waals surface area contributed by atoms with Gasteiger partial charge in [-0.3, -0.25) is 14.4 Å². The Hall–Kier alpha value is -2.22. The second-order valence-electron chi connectivity index (χ2n) is 18.0. The largest absolute Gasteiger partial charge is 0.468 e. The molecule has 5 saturated carbocycles. The van der Waals surface area contributed by atoms with E-state index in [1.165, 1.54) is 32.8 Å². The van der Waals surface area contributed by atoms with Gasteiger partial charge in [0.2, 0.25) is 11.8 Å². The first kappa shape index (κ1) is 55.9. The summed E-state index contributed by atoms with van der Waals surface area (Å²) in [5.41, 5.74) is -0.388. The molecule has 5 aliphatic rings. The van der Waals surface area contributed by atoms with Crippen LogP contribution in [0.1, 0.15) is 181 Å². The van der Waals surface area contributed by atoms with Crippen molar-refractivity contribution in [2.45, 2.75) is 187 Å². The van der Waals surface area contributed by atoms with Gasteiger partial charge in [0.1, 0.15) is 12.8 Å². The number of ether oxygens (including phenoxy) is 1. The molecule has 10 unspecified atom stereocenters. The molecular weight excluding hydrogens is 701 g/mol. The highest BCUT2D eigenvalue weighted by Gasteiger charge is 2.65. The van der Waals surface area contributed by atoms with E-state index in [1.807, 2.05) is 62.3 Å². The first-order chi connectivity index (χ1) is 26.5. The molecule has 0 aromatic rings. The van der Waals surface area contributed by atoms with Crippen molar-refractivity contribution in [3.8, 4) is 0 Å². The Kier molecular flexibility index (Phi) is 26.7. The maximum absolute atomic E-state index is 13.6. The molecule has 5 rings (SSSR count). The Morgan fingerprint density at radius 2 is 1.34 bits per heavy atom. The van der Waals surface area contributed by atoms with Crippen LogP contribution in [-0.2, 0) is 23.9 Å². The van der Waals surface area contributed by atoms with Crippen LogP contribution in [0.15, 0.2) is 12.7 Å². The summed E-state index contributed by atoms with van der Waals surface area (Å²) in [6, 6.07) is 0.181. The van der Waals surface area contributed by atoms with E-state index in [0.29, 0.717) is 35.5 Å². The van der Waals surface area contributed by atoms with Crippen LogP contribution in [0, 0.1) is 63.1 Å². The van der Waals surface area contributed by atoms with Crippen LogP contribution in [0.25, 0.3) is 0 Å². The third kappa shape index (κ3) is 13.7. The summed E-state index contributed by atoms with van der Waals surface area (Å²) in [6.45, 7) is 34.9. The van der Waals surface area contributed by atoms with Crippen LogP contribution < -0.4 is 10.6 Å². The highest BCUT2D eigenvalue weighted by Crippen LogP contribution is 2.71. The van der Waals surface area contributed by atoms with Gasteiger partial charge in [-0.05, 0) is 123 Å². The lowest BCUT2D eigenvalue weighted by Gasteiger charge is -2.67. The van der Waals surface area contributed by atoms with E-state index >= 15 is 0 Å². The minimum absolute atomic E-state index is 0.00147. The summed E-state index contributed by atoms with van der Waals surface area (Å²) in [6.07, 6.45) is 15.2. The molecule has 0 spiro atoms. The van der Waals surface area contributed by atoms with Crippen LogP contribution in [0.4, 0.5) is 0 Å². The van der Waals surface area contributed by atoms with Crippen LogP contribution in [0.5, 0.6) is 0 Å². The smallest absolute Gasteiger partial charge is 0.325 e. The van der Waals surface area contributed by atoms with Gasteiger partial charge in [-0.25, -0.2) is 0 Å². The Balaban J connectivity index is 0. The average molecular weight is 793 g/mol. The standard InChI is InChI=1S/C34H54N2O5.C4H10.C3H6.3C2H6.CH4O/c1-21-23-11-15-33(5)24-12-17-34(30(40)35-19-29(39)41-6)14-7-8-25(34)22(24)9-10-27(33)32(23,4)16-13-26(21)36-28(38)18-31(2,3)20-37;1-4(2)3;1-3-2;4*1-2/h20-27H,7-19H2,1-6H3,(H,35,40)(H,36,38);4H,1-3H3;3H,1H2,2H3;3*1-2H3;2H,1H3. The number of amides is 2. The molecule has 10 atom stereocenters. The molecule has 8 nitrogen and oxygen atoms in total. The van der Waals surface area contributed by atoms with Gasteiger partial charge < -0.3 is 25.3 Å². The second kappa shape index (κ2) is 26.7. The number of carbonyl (C=O) groups is 4. The Bertz CT molecular complexity index is 1150. The zero-order valence-electron chi connectivity index (χ0n) is 39.7. The van der Waals surface area contributed by atoms with Crippen LogP contribution in [0.3, 0.4) is 0 Å². The molecule has 2 amide bonds. The Morgan fingerprint density at radius 1 is 0.839 bits per heavy atom. The van der Waals surface area contributed by atoms with Crippen LogP contribution >= 0.6 is 0 Å². The van der Waals surface area contributed by atoms with Crippen molar-refractivity contribution in [2.24, 2.45) is 63.1 Å². The van der Waals surface area contributed by atoms with E-state index < -0.39 is 5.41 Å². The summed E-state index contributed by atoms with van der Waals surface area (Å²) in [4.78, 5) is 49.5. The summed E-state index contributed by atoms with van der Waals surface area (Å²) < 4.78 is 4.78. The predicted molar refractivity (Wildman–Crippen MR) is 236 cm³/mol. The number of aliphatic hydroxyl groups excluding tert-OH is 1. The zero-order valence-corrected chi connectivity index (χ0v) is 39.7. The highest BCUT2D eigenvalue weighted by atomic mass is 16.5. The van der Waals surface area contributed by atoms with Gasteiger partial charge in [0.05, 0.1) is 12.5 Å². The molecule has 5 fully saturated rings. The number of nitrogens with one attached hydrogen (secondary N) is 2. The van der Waals surface area contributed by atoms with E-state index in [0.717, 1.165) is 64.3 Å². The molecule has 0 bridgehead atoms. The van der Waals surface area contributed by atoms with E-state index in [2.05, 4.69) is 58.8 Å². The quantitative estimate of drug-likeness (QED) is 0.134. The zero-order chi connectivity index (χ0) is 44.1. The second-order valence-corrected chi connectivity index (χ2v) is 18.0. The molecule has 0 aliphatic heterocycles. The number of carbonyl (C=O) groups excluding carboxylic acids is 4. The fraction of sp³-hybridized carbons (Fsp3) is 0.875. The number of aldehydes is 1. The monoisotopic (exact) mass is 793 g/mol. The van der Waals surface area contributed by atoms with Gasteiger partial charge in [0.15, 0.2) is 0 Å². The van der Waals surface area contributed by atoms with E-state index in [4.69, 9.17) is 9.84 Å². The summed E-state index contributed by atoms with van der Waals surface area (Å²) >= 11 is 0. The van der Waals surface area contributed by atoms with E-state index in [9.17, 15) is 19.2 Å². The van der Waals surface area contributed by atoms with Crippen molar-refractivity contribution >= 4 is 24.1 Å². The maximum Gasteiger partial charge on any atom is 0.325 e. The first-order valence-corrected chi connectivity index (χ1v) is 22.6. The number of aliphatic hydroxyl groups is 1. The van der Waals surface area contributed by atoms with E-state index in [-0.39, 0.29) is 53.0 Å². The fourth-order valence-electron chi connectivity index (χ4n) is 11.6. The van der Waals surface area contributed by atoms with Gasteiger partial charge in [-0.15, -0.1) is 6.58 Å². The molecule has 8 heteroatoms. The lowest BCUT2D eigenvalue weighted by Crippen LogP contribution is -2.63. The topological polar surface area (TPSA) is 122 Å². The van der Waals surface area contributed by atoms with Crippen molar-refractivity contribution in [1.82, 2.24) is 10.6 Å². The van der Waals surface area contributed by atoms with Crippen molar-refractivity contribution in [2.75, 3.05) is 20.8 Å². The molecule has 5 aliphatic carbocycles. The van der Waals surface area contributed by atoms with E-state index in [1.54, 1.807) is 6.08 Å². The molecular formula is C48H92N2O6. The lowest BCUT2D eigenvalue weighted by atomic mass is 9.37. The third-order valence-electron chi connectivity index (χ3n) is 13.5. The molecule has 0 aromatic heterocycles. The number of rotatable bonds is 7. The SMILES string of the molecule is C=CC.CC.CC.CC.CC(C)C.CO.COC(=O)CNC(=O)C12CCCC1C1CCC3C4(C)CCC(NC(=O)CC(C)(C)C=O)C(C)C4CCC3(C)C1CC2. The van der Waals surface area contributed by atoms with Crippen molar-refractivity contribution in [3.05, 3.63) is 12.7 Å². The predicted octanol–water partition coefficient (Wildman–Crippen LogP) is 11.0. The third-order valence-corrected chi connectivity index (χ3v) is 13.5. The maximum atomic E-state index is 13.6. The Morgan fingerprint density at radius 3 is 1.86 bits per heavy atom. The van der Waals surface area contributed by atoms with Crippen molar-refractivity contribution in [3.63, 3.8) is 0 Å². The normalized spacial score (nSPS) is 33.1. The van der Waals surface area contributed by atoms with Crippen molar-refractivity contribution in [1.29, 1.82) is 0 Å². The number of hydrogen-bond acceptors (Lipinski definition) is 6. The van der Waals surface area contributed by atoms with Crippen LogP contribution in [0.2, 0.25) is 0 Å². The van der Waals surface area contributed by atoms with Gasteiger partial charge in [0, 0.05) is 25.0 Å². The minimum Gasteiger partial charge on any atom is -0.468 e. The number of hydrogen-bond donors (Lipinski definition) is 3. The highest BCUT2D eigenvalue weighted by molar-refractivity contribution is 5.87. The molecule has 0 heterocycles. The number of allylic oxidation sites excluding steroid dienone is 1. The average Bonchev–Trinajstić information content (AvgIpc) is 3.64. The first-order valence-electron chi connectivity index (χ1n) is 22.6. The molecule has 56 heavy (non-hydrogen) atoms. The molecule has 0 saturated heterocycles. The number of fused-ring (bicyclic) bond motifs is 7. The number of esters is 1. The number of methoxy groups -OCH3 is 1. The molecule has 0 radical (unpaired) electrons. The molecule has 330 valence electrons. The molecule has 3 N–H and O–H groups in total. The summed E-state index contributed by atoms with van der Waals surface area (Å²) in [7, 11) is 2.37. The Labute approximate surface area is 346 Å². The van der Waals surface area contributed by atoms with Crippen LogP contribution in [-0.4, -0.2) is 56.0 Å². The van der Waals surface area contributed by atoms with Gasteiger partial charge in [-0.2, -0.15) is 0 Å². The van der Waals surface area contributed by atoms with Crippen molar-refractivity contribution < 1.29 is 29.0 Å². The van der Waals surface area contributed by atoms with Gasteiger partial charge in [-0.1, -0.05) is 109 Å². The summed E-state index contributed by atoms with van der Waals surface area (Å²) in [5.74, 6) is 3.88. The fourth-order valence-corrected chi connectivity index (χ4v) is 11.6. The van der Waals surface area contributed by atoms with Gasteiger partial charge >= 0.3 is 5.97 Å².